The predicted molar refractivity (Wildman–Crippen MR) is 67.7 cm³/mol. The van der Waals surface area contributed by atoms with Crippen molar-refractivity contribution in [3.63, 3.8) is 0 Å². The fourth-order valence-electron chi connectivity index (χ4n) is 1.21. The Morgan fingerprint density at radius 1 is 1.21 bits per heavy atom. The highest BCUT2D eigenvalue weighted by Gasteiger charge is 2.09. The standard InChI is InChI=1S/C10H7Br2NS/c1-6-4-2-3-5-7(6)10-13-8(11)9(12)14-10/h2-5H,1H3. The molecule has 72 valence electrons. The van der Waals surface area contributed by atoms with Crippen LogP contribution in [0.1, 0.15) is 5.56 Å². The van der Waals surface area contributed by atoms with Crippen molar-refractivity contribution in [3.8, 4) is 10.6 Å². The maximum atomic E-state index is 4.43. The molecule has 1 nitrogen and oxygen atoms in total. The SMILES string of the molecule is Cc1ccccc1-c1nc(Br)c(Br)s1. The van der Waals surface area contributed by atoms with Crippen LogP contribution >= 0.6 is 43.2 Å². The van der Waals surface area contributed by atoms with Gasteiger partial charge in [0.25, 0.3) is 0 Å². The van der Waals surface area contributed by atoms with Gasteiger partial charge in [0.2, 0.25) is 0 Å². The van der Waals surface area contributed by atoms with E-state index < -0.39 is 0 Å². The van der Waals surface area contributed by atoms with Crippen LogP contribution in [0.5, 0.6) is 0 Å². The molecule has 0 saturated carbocycles. The summed E-state index contributed by atoms with van der Waals surface area (Å²) in [4.78, 5) is 4.43. The molecule has 0 aliphatic heterocycles. The van der Waals surface area contributed by atoms with Crippen molar-refractivity contribution in [2.24, 2.45) is 0 Å². The molecule has 2 rings (SSSR count). The van der Waals surface area contributed by atoms with Crippen molar-refractivity contribution in [1.82, 2.24) is 4.98 Å². The average Bonchev–Trinajstić information content (AvgIpc) is 2.48. The normalized spacial score (nSPS) is 10.5. The number of benzene rings is 1. The van der Waals surface area contributed by atoms with E-state index in [-0.39, 0.29) is 0 Å². The second kappa shape index (κ2) is 4.13. The summed E-state index contributed by atoms with van der Waals surface area (Å²) in [6.45, 7) is 2.10. The van der Waals surface area contributed by atoms with Crippen molar-refractivity contribution in [1.29, 1.82) is 0 Å². The molecule has 0 fully saturated rings. The van der Waals surface area contributed by atoms with Gasteiger partial charge in [-0.15, -0.1) is 11.3 Å². The minimum atomic E-state index is 0.876. The number of nitrogens with zero attached hydrogens (tertiary/aromatic N) is 1. The Kier molecular flexibility index (Phi) is 3.04. The first-order valence-corrected chi connectivity index (χ1v) is 6.46. The molecule has 0 N–H and O–H groups in total. The maximum absolute atomic E-state index is 4.43. The van der Waals surface area contributed by atoms with Gasteiger partial charge in [-0.2, -0.15) is 0 Å². The summed E-state index contributed by atoms with van der Waals surface area (Å²) in [5.74, 6) is 0. The van der Waals surface area contributed by atoms with E-state index in [4.69, 9.17) is 0 Å². The zero-order chi connectivity index (χ0) is 10.1. The summed E-state index contributed by atoms with van der Waals surface area (Å²) in [5.41, 5.74) is 2.45. The van der Waals surface area contributed by atoms with Crippen molar-refractivity contribution in [2.45, 2.75) is 6.92 Å². The van der Waals surface area contributed by atoms with Crippen LogP contribution in [-0.4, -0.2) is 4.98 Å². The first-order valence-electron chi connectivity index (χ1n) is 4.06. The lowest BCUT2D eigenvalue weighted by Gasteiger charge is -1.99. The molecule has 14 heavy (non-hydrogen) atoms. The molecule has 0 bridgehead atoms. The molecule has 0 aliphatic rings. The number of rotatable bonds is 1. The lowest BCUT2D eigenvalue weighted by molar-refractivity contribution is 1.33. The van der Waals surface area contributed by atoms with Crippen LogP contribution in [-0.2, 0) is 0 Å². The van der Waals surface area contributed by atoms with Gasteiger partial charge in [-0.05, 0) is 44.3 Å². The Balaban J connectivity index is 2.55. The third-order valence-electron chi connectivity index (χ3n) is 1.92. The molecule has 1 aromatic heterocycles. The topological polar surface area (TPSA) is 12.9 Å². The van der Waals surface area contributed by atoms with E-state index in [1.165, 1.54) is 11.1 Å². The Morgan fingerprint density at radius 3 is 2.50 bits per heavy atom. The molecule has 0 saturated heterocycles. The molecule has 2 aromatic rings. The van der Waals surface area contributed by atoms with E-state index in [9.17, 15) is 0 Å². The van der Waals surface area contributed by atoms with Gasteiger partial charge in [0, 0.05) is 5.56 Å². The van der Waals surface area contributed by atoms with Crippen molar-refractivity contribution >= 4 is 43.2 Å². The fourth-order valence-corrected chi connectivity index (χ4v) is 3.07. The first kappa shape index (κ1) is 10.3. The number of halogens is 2. The van der Waals surface area contributed by atoms with Crippen molar-refractivity contribution in [3.05, 3.63) is 38.2 Å². The first-order chi connectivity index (χ1) is 6.68. The molecular weight excluding hydrogens is 326 g/mol. The van der Waals surface area contributed by atoms with E-state index in [0.717, 1.165) is 13.4 Å². The summed E-state index contributed by atoms with van der Waals surface area (Å²) in [6, 6.07) is 8.26. The van der Waals surface area contributed by atoms with Gasteiger partial charge < -0.3 is 0 Å². The summed E-state index contributed by atoms with van der Waals surface area (Å²) >= 11 is 8.48. The number of thiazole rings is 1. The molecule has 0 aliphatic carbocycles. The highest BCUT2D eigenvalue weighted by Crippen LogP contribution is 2.35. The number of aromatic nitrogens is 1. The van der Waals surface area contributed by atoms with Gasteiger partial charge in [-0.3, -0.25) is 0 Å². The lowest BCUT2D eigenvalue weighted by atomic mass is 10.1. The number of aryl methyl sites for hydroxylation is 1. The van der Waals surface area contributed by atoms with Gasteiger partial charge in [0.15, 0.2) is 0 Å². The van der Waals surface area contributed by atoms with Crippen LogP contribution in [0.15, 0.2) is 32.7 Å². The molecule has 4 heteroatoms. The zero-order valence-corrected chi connectivity index (χ0v) is 11.4. The second-order valence-electron chi connectivity index (χ2n) is 2.90. The Bertz CT molecular complexity index is 445. The van der Waals surface area contributed by atoms with Crippen LogP contribution in [0.2, 0.25) is 0 Å². The molecular formula is C10H7Br2NS. The fraction of sp³-hybridized carbons (Fsp3) is 0.100. The quantitative estimate of drug-likeness (QED) is 0.741. The monoisotopic (exact) mass is 331 g/mol. The van der Waals surface area contributed by atoms with E-state index in [2.05, 4.69) is 55.9 Å². The van der Waals surface area contributed by atoms with Crippen LogP contribution in [0.3, 0.4) is 0 Å². The van der Waals surface area contributed by atoms with Gasteiger partial charge in [-0.25, -0.2) is 4.98 Å². The summed E-state index contributed by atoms with van der Waals surface area (Å²) < 4.78 is 1.91. The summed E-state index contributed by atoms with van der Waals surface area (Å²) in [5, 5.41) is 1.04. The lowest BCUT2D eigenvalue weighted by Crippen LogP contribution is -1.80. The van der Waals surface area contributed by atoms with E-state index in [0.29, 0.717) is 0 Å². The highest BCUT2D eigenvalue weighted by molar-refractivity contribution is 9.13. The minimum absolute atomic E-state index is 0.876. The van der Waals surface area contributed by atoms with E-state index >= 15 is 0 Å². The Hall–Kier alpha value is -0.190. The third kappa shape index (κ3) is 1.92. The molecule has 0 radical (unpaired) electrons. The molecule has 0 spiro atoms. The third-order valence-corrected chi connectivity index (χ3v) is 5.03. The smallest absolute Gasteiger partial charge is 0.132 e. The Labute approximate surface area is 103 Å². The van der Waals surface area contributed by atoms with Gasteiger partial charge in [0.05, 0.1) is 0 Å². The summed E-state index contributed by atoms with van der Waals surface area (Å²) in [7, 11) is 0. The van der Waals surface area contributed by atoms with E-state index in [1.54, 1.807) is 11.3 Å². The van der Waals surface area contributed by atoms with Crippen LogP contribution in [0, 0.1) is 6.92 Å². The maximum Gasteiger partial charge on any atom is 0.132 e. The zero-order valence-electron chi connectivity index (χ0n) is 7.42. The number of hydrogen-bond donors (Lipinski definition) is 0. The number of hydrogen-bond acceptors (Lipinski definition) is 2. The second-order valence-corrected chi connectivity index (χ2v) is 5.97. The van der Waals surface area contributed by atoms with E-state index in [1.807, 2.05) is 12.1 Å². The van der Waals surface area contributed by atoms with Crippen LogP contribution in [0.4, 0.5) is 0 Å². The van der Waals surface area contributed by atoms with Crippen molar-refractivity contribution in [2.75, 3.05) is 0 Å². The Morgan fingerprint density at radius 2 is 1.93 bits per heavy atom. The largest absolute Gasteiger partial charge is 0.228 e. The van der Waals surface area contributed by atoms with Gasteiger partial charge >= 0.3 is 0 Å². The van der Waals surface area contributed by atoms with Gasteiger partial charge in [0.1, 0.15) is 13.4 Å². The molecule has 0 amide bonds. The summed E-state index contributed by atoms with van der Waals surface area (Å²) in [6.07, 6.45) is 0. The molecule has 0 unspecified atom stereocenters. The average molecular weight is 333 g/mol. The molecule has 0 atom stereocenters. The molecule has 1 aromatic carbocycles. The predicted octanol–water partition coefficient (Wildman–Crippen LogP) is 4.64. The van der Waals surface area contributed by atoms with Crippen LogP contribution < -0.4 is 0 Å². The highest BCUT2D eigenvalue weighted by atomic mass is 79.9. The van der Waals surface area contributed by atoms with Gasteiger partial charge in [-0.1, -0.05) is 24.3 Å². The molecule has 1 heterocycles. The van der Waals surface area contributed by atoms with Crippen molar-refractivity contribution < 1.29 is 0 Å². The minimum Gasteiger partial charge on any atom is -0.228 e. The van der Waals surface area contributed by atoms with Crippen LogP contribution in [0.25, 0.3) is 10.6 Å².